The van der Waals surface area contributed by atoms with Crippen LogP contribution in [0.1, 0.15) is 41.5 Å². The van der Waals surface area contributed by atoms with Crippen molar-refractivity contribution in [3.63, 3.8) is 0 Å². The Balaban J connectivity index is 1.64. The van der Waals surface area contributed by atoms with Gasteiger partial charge in [-0.25, -0.2) is 9.36 Å². The molecule has 3 aromatic rings. The molecule has 1 fully saturated rings. The van der Waals surface area contributed by atoms with Crippen LogP contribution in [0.4, 0.5) is 0 Å². The fraction of sp³-hybridized carbons (Fsp3) is 0.400. The summed E-state index contributed by atoms with van der Waals surface area (Å²) in [6.45, 7) is 5.46. The maximum absolute atomic E-state index is 13.3. The third kappa shape index (κ3) is 4.00. The second kappa shape index (κ2) is 8.28. The van der Waals surface area contributed by atoms with Crippen molar-refractivity contribution in [3.8, 4) is 5.95 Å². The molecule has 0 bridgehead atoms. The number of aromatic nitrogens is 5. The minimum Gasteiger partial charge on any atom is -0.341 e. The first-order valence-corrected chi connectivity index (χ1v) is 10.7. The van der Waals surface area contributed by atoms with Crippen LogP contribution in [-0.2, 0) is 4.79 Å². The van der Waals surface area contributed by atoms with Crippen LogP contribution in [0.2, 0.25) is 0 Å². The summed E-state index contributed by atoms with van der Waals surface area (Å²) in [7, 11) is 0. The lowest BCUT2D eigenvalue weighted by Crippen LogP contribution is -2.38. The van der Waals surface area contributed by atoms with Crippen molar-refractivity contribution in [2.45, 2.75) is 43.5 Å². The lowest BCUT2D eigenvalue weighted by molar-refractivity contribution is -0.131. The summed E-state index contributed by atoms with van der Waals surface area (Å²) >= 11 is 1.33. The lowest BCUT2D eigenvalue weighted by atomic mass is 10.1. The van der Waals surface area contributed by atoms with Gasteiger partial charge in [0.1, 0.15) is 5.25 Å². The van der Waals surface area contributed by atoms with E-state index in [4.69, 9.17) is 5.84 Å². The van der Waals surface area contributed by atoms with Gasteiger partial charge in [-0.1, -0.05) is 42.1 Å². The molecule has 2 aromatic heterocycles. The van der Waals surface area contributed by atoms with E-state index in [1.54, 1.807) is 4.68 Å². The van der Waals surface area contributed by atoms with Gasteiger partial charge in [-0.15, -0.1) is 10.2 Å². The van der Waals surface area contributed by atoms with Crippen LogP contribution in [0, 0.1) is 13.8 Å². The Labute approximate surface area is 174 Å². The van der Waals surface area contributed by atoms with Gasteiger partial charge in [-0.05, 0) is 44.7 Å². The zero-order valence-electron chi connectivity index (χ0n) is 16.7. The van der Waals surface area contributed by atoms with E-state index in [1.165, 1.54) is 22.9 Å². The lowest BCUT2D eigenvalue weighted by Gasteiger charge is -2.30. The summed E-state index contributed by atoms with van der Waals surface area (Å²) in [5.41, 5.74) is 2.73. The van der Waals surface area contributed by atoms with E-state index in [1.807, 2.05) is 55.1 Å². The van der Waals surface area contributed by atoms with Crippen LogP contribution in [-0.4, -0.2) is 48.6 Å². The number of nitrogens with zero attached hydrogens (tertiary/aromatic N) is 6. The Morgan fingerprint density at radius 2 is 1.83 bits per heavy atom. The highest BCUT2D eigenvalue weighted by Crippen LogP contribution is 2.36. The number of aryl methyl sites for hydroxylation is 2. The first-order valence-electron chi connectivity index (χ1n) is 9.79. The van der Waals surface area contributed by atoms with Crippen molar-refractivity contribution < 1.29 is 4.79 Å². The number of piperidine rings is 1. The second-order valence-electron chi connectivity index (χ2n) is 7.29. The third-order valence-electron chi connectivity index (χ3n) is 5.06. The topological polar surface area (TPSA) is 94.9 Å². The fourth-order valence-corrected chi connectivity index (χ4v) is 4.64. The highest BCUT2D eigenvalue weighted by atomic mass is 32.2. The highest BCUT2D eigenvalue weighted by Gasteiger charge is 2.30. The number of benzene rings is 1. The maximum atomic E-state index is 13.3. The number of rotatable bonds is 5. The normalized spacial score (nSPS) is 15.4. The molecule has 9 heteroatoms. The van der Waals surface area contributed by atoms with Gasteiger partial charge in [0.15, 0.2) is 0 Å². The molecule has 0 aliphatic carbocycles. The molecule has 2 N–H and O–H groups in total. The summed E-state index contributed by atoms with van der Waals surface area (Å²) in [6, 6.07) is 11.7. The van der Waals surface area contributed by atoms with Gasteiger partial charge in [0.05, 0.1) is 5.69 Å². The van der Waals surface area contributed by atoms with E-state index in [0.717, 1.165) is 42.9 Å². The molecule has 1 aliphatic heterocycles. The maximum Gasteiger partial charge on any atom is 0.271 e. The Morgan fingerprint density at radius 3 is 2.48 bits per heavy atom. The van der Waals surface area contributed by atoms with E-state index in [-0.39, 0.29) is 5.91 Å². The van der Waals surface area contributed by atoms with E-state index in [2.05, 4.69) is 15.3 Å². The SMILES string of the molecule is Cc1cc(C)n(-c2nnc(S[C@H](C(=O)N3CCCCC3)c3ccccc3)n2N)n1. The third-order valence-corrected chi connectivity index (χ3v) is 6.26. The number of carbonyl (C=O) groups excluding carboxylic acids is 1. The predicted octanol–water partition coefficient (Wildman–Crippen LogP) is 2.64. The minimum atomic E-state index is -0.422. The molecule has 4 rings (SSSR count). The van der Waals surface area contributed by atoms with E-state index >= 15 is 0 Å². The molecule has 8 nitrogen and oxygen atoms in total. The van der Waals surface area contributed by atoms with Crippen molar-refractivity contribution >= 4 is 17.7 Å². The fourth-order valence-electron chi connectivity index (χ4n) is 3.60. The van der Waals surface area contributed by atoms with Crippen LogP contribution in [0.5, 0.6) is 0 Å². The van der Waals surface area contributed by atoms with Crippen molar-refractivity contribution in [2.24, 2.45) is 0 Å². The zero-order valence-corrected chi connectivity index (χ0v) is 17.5. The van der Waals surface area contributed by atoms with Gasteiger partial charge < -0.3 is 10.7 Å². The molecule has 1 saturated heterocycles. The van der Waals surface area contributed by atoms with Crippen molar-refractivity contribution in [1.29, 1.82) is 0 Å². The second-order valence-corrected chi connectivity index (χ2v) is 8.36. The van der Waals surface area contributed by atoms with E-state index in [0.29, 0.717) is 11.1 Å². The highest BCUT2D eigenvalue weighted by molar-refractivity contribution is 8.00. The predicted molar refractivity (Wildman–Crippen MR) is 112 cm³/mol. The summed E-state index contributed by atoms with van der Waals surface area (Å²) in [4.78, 5) is 15.3. The van der Waals surface area contributed by atoms with Crippen LogP contribution in [0.25, 0.3) is 5.95 Å². The molecule has 1 amide bonds. The molecular formula is C20H25N7OS. The minimum absolute atomic E-state index is 0.0940. The molecule has 0 saturated carbocycles. The molecule has 3 heterocycles. The van der Waals surface area contributed by atoms with Crippen molar-refractivity contribution in [2.75, 3.05) is 18.9 Å². The molecule has 152 valence electrons. The Morgan fingerprint density at radius 1 is 1.10 bits per heavy atom. The Kier molecular flexibility index (Phi) is 5.57. The number of nitrogens with two attached hydrogens (primary N) is 1. The number of thioether (sulfide) groups is 1. The van der Waals surface area contributed by atoms with E-state index < -0.39 is 5.25 Å². The Hall–Kier alpha value is -2.81. The van der Waals surface area contributed by atoms with E-state index in [9.17, 15) is 4.79 Å². The van der Waals surface area contributed by atoms with Gasteiger partial charge in [0, 0.05) is 18.8 Å². The number of amides is 1. The van der Waals surface area contributed by atoms with Gasteiger partial charge in [-0.2, -0.15) is 5.10 Å². The molecule has 1 aliphatic rings. The number of hydrogen-bond acceptors (Lipinski definition) is 6. The summed E-state index contributed by atoms with van der Waals surface area (Å²) in [5.74, 6) is 6.82. The largest absolute Gasteiger partial charge is 0.341 e. The van der Waals surface area contributed by atoms with Gasteiger partial charge in [0.2, 0.25) is 11.1 Å². The number of hydrogen-bond donors (Lipinski definition) is 1. The first kappa shape index (κ1) is 19.5. The number of nitrogen functional groups attached to an aromatic ring is 1. The molecule has 0 spiro atoms. The molecular weight excluding hydrogens is 386 g/mol. The van der Waals surface area contributed by atoms with Crippen LogP contribution < -0.4 is 5.84 Å². The van der Waals surface area contributed by atoms with Gasteiger partial charge in [0.25, 0.3) is 5.95 Å². The summed E-state index contributed by atoms with van der Waals surface area (Å²) < 4.78 is 3.07. The Bertz CT molecular complexity index is 992. The van der Waals surface area contributed by atoms with Crippen LogP contribution >= 0.6 is 11.8 Å². The first-order chi connectivity index (χ1) is 14.0. The average Bonchev–Trinajstić information content (AvgIpc) is 3.27. The van der Waals surface area contributed by atoms with Gasteiger partial charge in [-0.3, -0.25) is 4.79 Å². The van der Waals surface area contributed by atoms with Crippen LogP contribution in [0.3, 0.4) is 0 Å². The van der Waals surface area contributed by atoms with Gasteiger partial charge >= 0.3 is 0 Å². The average molecular weight is 412 g/mol. The standard InChI is InChI=1S/C20H25N7OS/c1-14-13-15(2)27(24-14)19-22-23-20(26(19)21)29-17(16-9-5-3-6-10-16)18(28)25-11-7-4-8-12-25/h3,5-6,9-10,13,17H,4,7-8,11-12,21H2,1-2H3/t17-/m0/s1. The van der Waals surface area contributed by atoms with Crippen molar-refractivity contribution in [3.05, 3.63) is 53.3 Å². The smallest absolute Gasteiger partial charge is 0.271 e. The summed E-state index contributed by atoms with van der Waals surface area (Å²) in [6.07, 6.45) is 3.27. The van der Waals surface area contributed by atoms with Crippen molar-refractivity contribution in [1.82, 2.24) is 29.6 Å². The molecule has 0 unspecified atom stereocenters. The van der Waals surface area contributed by atoms with Crippen LogP contribution in [0.15, 0.2) is 41.6 Å². The molecule has 0 radical (unpaired) electrons. The molecule has 29 heavy (non-hydrogen) atoms. The number of carbonyl (C=O) groups is 1. The monoisotopic (exact) mass is 411 g/mol. The zero-order chi connectivity index (χ0) is 20.4. The molecule has 1 aromatic carbocycles. The quantitative estimate of drug-likeness (QED) is 0.512. The summed E-state index contributed by atoms with van der Waals surface area (Å²) in [5, 5.41) is 13.0. The number of likely N-dealkylation sites (tertiary alicyclic amines) is 1. The molecule has 1 atom stereocenters.